The van der Waals surface area contributed by atoms with Crippen LogP contribution in [0.25, 0.3) is 0 Å². The van der Waals surface area contributed by atoms with Crippen molar-refractivity contribution in [2.24, 2.45) is 0 Å². The van der Waals surface area contributed by atoms with E-state index in [0.717, 1.165) is 38.5 Å². The second-order valence-corrected chi connectivity index (χ2v) is 20.7. The summed E-state index contributed by atoms with van der Waals surface area (Å²) >= 11 is 0. The average molecular weight is 884 g/mol. The van der Waals surface area contributed by atoms with Gasteiger partial charge in [0.15, 0.2) is 0 Å². The smallest absolute Gasteiger partial charge is 0.387 e. The Balaban J connectivity index is 4.30. The lowest BCUT2D eigenvalue weighted by atomic mass is 10.0. The summed E-state index contributed by atoms with van der Waals surface area (Å²) in [5, 5.41) is 13.9. The van der Waals surface area contributed by atoms with Gasteiger partial charge in [-0.3, -0.25) is 13.8 Å². The summed E-state index contributed by atoms with van der Waals surface area (Å²) in [6, 6.07) is -0.846. The highest BCUT2D eigenvalue weighted by Crippen LogP contribution is 2.43. The van der Waals surface area contributed by atoms with Crippen molar-refractivity contribution >= 4 is 13.7 Å². The minimum absolute atomic E-state index is 0.0621. The molecule has 0 spiro atoms. The van der Waals surface area contributed by atoms with E-state index < -0.39 is 20.0 Å². The zero-order valence-corrected chi connectivity index (χ0v) is 42.1. The van der Waals surface area contributed by atoms with Crippen LogP contribution in [0.4, 0.5) is 0 Å². The van der Waals surface area contributed by atoms with Crippen LogP contribution in [0, 0.1) is 0 Å². The lowest BCUT2D eigenvalue weighted by molar-refractivity contribution is -0.870. The molecule has 362 valence electrons. The van der Waals surface area contributed by atoms with Crippen LogP contribution >= 0.6 is 7.82 Å². The number of phosphoric ester groups is 1. The van der Waals surface area contributed by atoms with Crippen LogP contribution in [0.2, 0.25) is 0 Å². The zero-order valence-electron chi connectivity index (χ0n) is 41.2. The summed E-state index contributed by atoms with van der Waals surface area (Å²) in [4.78, 5) is 23.2. The molecule has 1 amide bonds. The van der Waals surface area contributed by atoms with E-state index in [2.05, 4.69) is 31.3 Å². The molecule has 0 aromatic rings. The number of likely N-dealkylation sites (N-methyl/N-ethyl adjacent to an activating group) is 1. The minimum atomic E-state index is -4.34. The Morgan fingerprint density at radius 3 is 1.26 bits per heavy atom. The largest absolute Gasteiger partial charge is 0.472 e. The molecule has 9 heteroatoms. The highest BCUT2D eigenvalue weighted by atomic mass is 31.2. The number of quaternary nitrogens is 1. The molecule has 0 rings (SSSR count). The van der Waals surface area contributed by atoms with E-state index in [9.17, 15) is 19.4 Å². The predicted octanol–water partition coefficient (Wildman–Crippen LogP) is 15.3. The first kappa shape index (κ1) is 60.0. The summed E-state index contributed by atoms with van der Waals surface area (Å²) in [5.41, 5.74) is 0. The van der Waals surface area contributed by atoms with Crippen LogP contribution < -0.4 is 5.32 Å². The Bertz CT molecular complexity index is 1050. The summed E-state index contributed by atoms with van der Waals surface area (Å²) in [7, 11) is 1.58. The zero-order chi connectivity index (χ0) is 45.0. The molecule has 0 aromatic carbocycles. The molecule has 0 heterocycles. The van der Waals surface area contributed by atoms with Gasteiger partial charge in [0.1, 0.15) is 13.2 Å². The molecule has 0 aromatic heterocycles. The number of unbranched alkanes of at least 4 members (excludes halogenated alkanes) is 33. The molecule has 0 saturated heterocycles. The van der Waals surface area contributed by atoms with E-state index in [-0.39, 0.29) is 19.1 Å². The second kappa shape index (κ2) is 44.2. The van der Waals surface area contributed by atoms with Crippen molar-refractivity contribution in [3.05, 3.63) is 24.3 Å². The van der Waals surface area contributed by atoms with Crippen LogP contribution in [-0.2, 0) is 18.4 Å². The van der Waals surface area contributed by atoms with Gasteiger partial charge in [0.25, 0.3) is 0 Å². The molecule has 3 N–H and O–H groups in total. The first-order valence-electron chi connectivity index (χ1n) is 26.2. The van der Waals surface area contributed by atoms with E-state index in [4.69, 9.17) is 9.05 Å². The van der Waals surface area contributed by atoms with Crippen LogP contribution in [0.3, 0.4) is 0 Å². The highest BCUT2D eigenvalue weighted by Gasteiger charge is 2.27. The molecule has 0 aliphatic carbocycles. The van der Waals surface area contributed by atoms with E-state index in [1.165, 1.54) is 193 Å². The third-order valence-electron chi connectivity index (χ3n) is 11.9. The predicted molar refractivity (Wildman–Crippen MR) is 263 cm³/mol. The van der Waals surface area contributed by atoms with Crippen molar-refractivity contribution in [1.29, 1.82) is 0 Å². The van der Waals surface area contributed by atoms with Crippen molar-refractivity contribution in [1.82, 2.24) is 5.32 Å². The summed E-state index contributed by atoms with van der Waals surface area (Å²) < 4.78 is 23.7. The number of nitrogens with zero attached hydrogens (tertiary/aromatic N) is 1. The number of carbonyl (C=O) groups excluding carboxylic acids is 1. The van der Waals surface area contributed by atoms with Crippen LogP contribution in [-0.4, -0.2) is 73.4 Å². The molecule has 3 unspecified atom stereocenters. The maximum Gasteiger partial charge on any atom is 0.472 e. The number of amides is 1. The van der Waals surface area contributed by atoms with Gasteiger partial charge in [-0.1, -0.05) is 224 Å². The van der Waals surface area contributed by atoms with E-state index in [1.54, 1.807) is 6.08 Å². The fourth-order valence-corrected chi connectivity index (χ4v) is 8.48. The summed E-state index contributed by atoms with van der Waals surface area (Å²) in [5.74, 6) is -0.179. The number of phosphoric acid groups is 1. The molecule has 0 aliphatic rings. The van der Waals surface area contributed by atoms with Gasteiger partial charge in [-0.15, -0.1) is 0 Å². The normalized spacial score (nSPS) is 14.3. The standard InChI is InChI=1S/C52H103N2O6P/c1-6-8-10-12-14-16-18-20-22-24-26-28-30-32-34-36-38-40-42-44-46-52(56)53-50(49-60-61(57,58)59-48-47-54(3,4)5)51(55)45-43-41-39-37-35-33-31-29-27-25-23-21-19-17-15-13-11-9-7-2/h26,28,43,45,50-51,55H,6-25,27,29-42,44,46-49H2,1-5H3,(H-,53,56,57,58)/p+1/b28-26-,45-43+. The Morgan fingerprint density at radius 1 is 0.541 bits per heavy atom. The maximum absolute atomic E-state index is 12.9. The topological polar surface area (TPSA) is 105 Å². The van der Waals surface area contributed by atoms with Gasteiger partial charge in [-0.25, -0.2) is 4.57 Å². The Morgan fingerprint density at radius 2 is 0.885 bits per heavy atom. The Labute approximate surface area is 379 Å². The molecule has 3 atom stereocenters. The number of nitrogens with one attached hydrogen (secondary N) is 1. The third kappa shape index (κ3) is 46.8. The number of hydrogen-bond donors (Lipinski definition) is 3. The number of aliphatic hydroxyl groups is 1. The number of carbonyl (C=O) groups is 1. The van der Waals surface area contributed by atoms with Crippen molar-refractivity contribution < 1.29 is 32.9 Å². The van der Waals surface area contributed by atoms with Crippen LogP contribution in [0.5, 0.6) is 0 Å². The van der Waals surface area contributed by atoms with Gasteiger partial charge in [0, 0.05) is 6.42 Å². The molecule has 0 fully saturated rings. The molecule has 0 radical (unpaired) electrons. The quantitative estimate of drug-likeness (QED) is 0.0243. The van der Waals surface area contributed by atoms with Gasteiger partial charge >= 0.3 is 7.82 Å². The molecular formula is C52H104N2O6P+. The van der Waals surface area contributed by atoms with Crippen molar-refractivity contribution in [2.45, 2.75) is 264 Å². The lowest BCUT2D eigenvalue weighted by Gasteiger charge is -2.25. The van der Waals surface area contributed by atoms with Crippen molar-refractivity contribution in [3.8, 4) is 0 Å². The van der Waals surface area contributed by atoms with Gasteiger partial charge in [-0.05, 0) is 44.9 Å². The molecule has 0 aliphatic heterocycles. The molecule has 8 nitrogen and oxygen atoms in total. The van der Waals surface area contributed by atoms with Crippen molar-refractivity contribution in [2.75, 3.05) is 40.9 Å². The number of hydrogen-bond acceptors (Lipinski definition) is 5. The van der Waals surface area contributed by atoms with Gasteiger partial charge in [0.05, 0.1) is 39.9 Å². The van der Waals surface area contributed by atoms with Crippen molar-refractivity contribution in [3.63, 3.8) is 0 Å². The van der Waals surface area contributed by atoms with Crippen LogP contribution in [0.1, 0.15) is 251 Å². The summed E-state index contributed by atoms with van der Waals surface area (Å²) in [6.07, 6.45) is 54.0. The van der Waals surface area contributed by atoms with E-state index in [0.29, 0.717) is 17.4 Å². The SMILES string of the molecule is CCCCCCCCCCC/C=C\CCCCCCCCCC(=O)NC(COP(=O)(O)OCC[N+](C)(C)C)C(O)/C=C/CCCCCCCCCCCCCCCCCCC. The Hall–Kier alpha value is -1.02. The second-order valence-electron chi connectivity index (χ2n) is 19.3. The van der Waals surface area contributed by atoms with E-state index in [1.807, 2.05) is 27.2 Å². The molecule has 61 heavy (non-hydrogen) atoms. The number of allylic oxidation sites excluding steroid dienone is 3. The van der Waals surface area contributed by atoms with E-state index >= 15 is 0 Å². The van der Waals surface area contributed by atoms with Gasteiger partial charge in [0.2, 0.25) is 5.91 Å². The first-order valence-corrected chi connectivity index (χ1v) is 27.7. The Kier molecular flexibility index (Phi) is 43.5. The fourth-order valence-electron chi connectivity index (χ4n) is 7.74. The number of aliphatic hydroxyl groups excluding tert-OH is 1. The molecule has 0 saturated carbocycles. The highest BCUT2D eigenvalue weighted by molar-refractivity contribution is 7.47. The van der Waals surface area contributed by atoms with Gasteiger partial charge < -0.3 is 19.8 Å². The maximum atomic E-state index is 12.9. The van der Waals surface area contributed by atoms with Gasteiger partial charge in [-0.2, -0.15) is 0 Å². The van der Waals surface area contributed by atoms with Crippen LogP contribution in [0.15, 0.2) is 24.3 Å². The number of rotatable bonds is 48. The fraction of sp³-hybridized carbons (Fsp3) is 0.904. The molecular weight excluding hydrogens is 780 g/mol. The summed E-state index contributed by atoms with van der Waals surface area (Å²) in [6.45, 7) is 4.84. The molecule has 0 bridgehead atoms. The lowest BCUT2D eigenvalue weighted by Crippen LogP contribution is -2.45. The average Bonchev–Trinajstić information content (AvgIpc) is 3.21. The monoisotopic (exact) mass is 884 g/mol. The first-order chi connectivity index (χ1) is 29.5. The third-order valence-corrected chi connectivity index (χ3v) is 12.9. The minimum Gasteiger partial charge on any atom is -0.387 e.